The number of oxime groups is 1. The zero-order chi connectivity index (χ0) is 10.7. The first-order chi connectivity index (χ1) is 7.29. The number of ether oxygens (including phenoxy) is 1. The molecule has 1 aliphatic heterocycles. The summed E-state index contributed by atoms with van der Waals surface area (Å²) in [5, 5.41) is 12.2. The highest BCUT2D eigenvalue weighted by Gasteiger charge is 2.25. The zero-order valence-electron chi connectivity index (χ0n) is 8.14. The Bertz CT molecular complexity index is 350. The summed E-state index contributed by atoms with van der Waals surface area (Å²) in [4.78, 5) is 0. The van der Waals surface area contributed by atoms with Gasteiger partial charge in [-0.05, 0) is 24.1 Å². The molecule has 1 aliphatic rings. The topological polar surface area (TPSA) is 41.8 Å². The van der Waals surface area contributed by atoms with Crippen molar-refractivity contribution in [3.05, 3.63) is 34.9 Å². The molecule has 1 fully saturated rings. The maximum absolute atomic E-state index is 8.42. The zero-order valence-corrected chi connectivity index (χ0v) is 8.89. The van der Waals surface area contributed by atoms with Crippen LogP contribution in [0.3, 0.4) is 0 Å². The lowest BCUT2D eigenvalue weighted by Gasteiger charge is -2.08. The van der Waals surface area contributed by atoms with E-state index in [-0.39, 0.29) is 12.0 Å². The minimum absolute atomic E-state index is 0.0882. The fourth-order valence-corrected chi connectivity index (χ4v) is 1.88. The Hall–Kier alpha value is -1.06. The minimum Gasteiger partial charge on any atom is -0.411 e. The predicted octanol–water partition coefficient (Wildman–Crippen LogP) is 2.88. The summed E-state index contributed by atoms with van der Waals surface area (Å²) in [6.45, 7) is 0.608. The molecular weight excluding hydrogens is 214 g/mol. The van der Waals surface area contributed by atoms with Crippen LogP contribution in [0, 0.1) is 5.92 Å². The fraction of sp³-hybridized carbons (Fsp3) is 0.364. The molecular formula is C11H12ClNO2. The van der Waals surface area contributed by atoms with Crippen LogP contribution in [-0.4, -0.2) is 18.0 Å². The van der Waals surface area contributed by atoms with E-state index in [1.807, 2.05) is 24.3 Å². The molecule has 1 aromatic rings. The molecule has 4 heteroatoms. The number of rotatable bonds is 2. The number of hydrogen-bond acceptors (Lipinski definition) is 3. The van der Waals surface area contributed by atoms with Gasteiger partial charge in [0.05, 0.1) is 12.7 Å². The third-order valence-corrected chi connectivity index (χ3v) is 2.80. The summed E-state index contributed by atoms with van der Waals surface area (Å²) < 4.78 is 5.60. The van der Waals surface area contributed by atoms with Gasteiger partial charge in [0.1, 0.15) is 0 Å². The Morgan fingerprint density at radius 2 is 2.13 bits per heavy atom. The predicted molar refractivity (Wildman–Crippen MR) is 58.5 cm³/mol. The quantitative estimate of drug-likeness (QED) is 0.478. The second-order valence-corrected chi connectivity index (χ2v) is 4.07. The second-order valence-electron chi connectivity index (χ2n) is 3.63. The monoisotopic (exact) mass is 225 g/mol. The van der Waals surface area contributed by atoms with E-state index >= 15 is 0 Å². The molecule has 0 amide bonds. The van der Waals surface area contributed by atoms with E-state index in [0.29, 0.717) is 6.61 Å². The van der Waals surface area contributed by atoms with Gasteiger partial charge in [0.15, 0.2) is 0 Å². The van der Waals surface area contributed by atoms with Crippen LogP contribution in [0.2, 0.25) is 5.02 Å². The number of halogens is 1. The normalized spacial score (nSPS) is 26.2. The molecule has 3 nitrogen and oxygen atoms in total. The molecule has 0 spiro atoms. The minimum atomic E-state index is 0.0882. The van der Waals surface area contributed by atoms with Crippen molar-refractivity contribution < 1.29 is 9.94 Å². The van der Waals surface area contributed by atoms with E-state index in [0.717, 1.165) is 17.0 Å². The Kier molecular flexibility index (Phi) is 3.23. The maximum Gasteiger partial charge on any atom is 0.0832 e. The van der Waals surface area contributed by atoms with E-state index in [9.17, 15) is 0 Å². The Labute approximate surface area is 93.3 Å². The van der Waals surface area contributed by atoms with Gasteiger partial charge in [-0.2, -0.15) is 0 Å². The number of nitrogens with zero attached hydrogens (tertiary/aromatic N) is 1. The van der Waals surface area contributed by atoms with Crippen LogP contribution >= 0.6 is 11.6 Å². The van der Waals surface area contributed by atoms with E-state index in [1.165, 1.54) is 6.21 Å². The van der Waals surface area contributed by atoms with Crippen LogP contribution in [0.1, 0.15) is 18.1 Å². The molecule has 2 rings (SSSR count). The van der Waals surface area contributed by atoms with Gasteiger partial charge in [0.2, 0.25) is 0 Å². The van der Waals surface area contributed by atoms with Crippen molar-refractivity contribution in [2.75, 3.05) is 6.61 Å². The highest BCUT2D eigenvalue weighted by atomic mass is 35.5. The van der Waals surface area contributed by atoms with Crippen LogP contribution in [0.25, 0.3) is 0 Å². The fourth-order valence-electron chi connectivity index (χ4n) is 1.76. The summed E-state index contributed by atoms with van der Waals surface area (Å²) in [5.41, 5.74) is 1.12. The molecule has 1 saturated heterocycles. The molecule has 15 heavy (non-hydrogen) atoms. The standard InChI is InChI=1S/C11H12ClNO2/c12-10-3-1-9(2-4-10)11-5-8(6-13-14)7-15-11/h1-4,6,8,11,14H,5,7H2. The first kappa shape index (κ1) is 10.5. The molecule has 2 atom stereocenters. The van der Waals surface area contributed by atoms with Crippen molar-refractivity contribution in [2.45, 2.75) is 12.5 Å². The van der Waals surface area contributed by atoms with Crippen LogP contribution < -0.4 is 0 Å². The van der Waals surface area contributed by atoms with E-state index in [2.05, 4.69) is 5.16 Å². The van der Waals surface area contributed by atoms with Crippen molar-refractivity contribution in [3.8, 4) is 0 Å². The number of benzene rings is 1. The van der Waals surface area contributed by atoms with Gasteiger partial charge in [-0.25, -0.2) is 0 Å². The molecule has 1 heterocycles. The Morgan fingerprint density at radius 3 is 2.80 bits per heavy atom. The van der Waals surface area contributed by atoms with Gasteiger partial charge in [0.25, 0.3) is 0 Å². The lowest BCUT2D eigenvalue weighted by Crippen LogP contribution is -1.99. The van der Waals surface area contributed by atoms with Crippen molar-refractivity contribution >= 4 is 17.8 Å². The van der Waals surface area contributed by atoms with E-state index < -0.39 is 0 Å². The van der Waals surface area contributed by atoms with Gasteiger partial charge in [0, 0.05) is 17.2 Å². The van der Waals surface area contributed by atoms with Crippen molar-refractivity contribution in [1.29, 1.82) is 0 Å². The first-order valence-corrected chi connectivity index (χ1v) is 5.22. The van der Waals surface area contributed by atoms with Gasteiger partial charge < -0.3 is 9.94 Å². The summed E-state index contributed by atoms with van der Waals surface area (Å²) in [5.74, 6) is 0.204. The molecule has 0 bridgehead atoms. The van der Waals surface area contributed by atoms with Crippen molar-refractivity contribution in [2.24, 2.45) is 11.1 Å². The largest absolute Gasteiger partial charge is 0.411 e. The maximum atomic E-state index is 8.42. The summed E-state index contributed by atoms with van der Waals surface area (Å²) in [6.07, 6.45) is 2.46. The molecule has 80 valence electrons. The van der Waals surface area contributed by atoms with Crippen LogP contribution in [-0.2, 0) is 4.74 Å². The highest BCUT2D eigenvalue weighted by Crippen LogP contribution is 2.31. The van der Waals surface area contributed by atoms with Gasteiger partial charge >= 0.3 is 0 Å². The van der Waals surface area contributed by atoms with Gasteiger partial charge in [-0.3, -0.25) is 0 Å². The van der Waals surface area contributed by atoms with Crippen LogP contribution in [0.4, 0.5) is 0 Å². The van der Waals surface area contributed by atoms with E-state index in [1.54, 1.807) is 0 Å². The smallest absolute Gasteiger partial charge is 0.0832 e. The van der Waals surface area contributed by atoms with Crippen molar-refractivity contribution in [1.82, 2.24) is 0 Å². The molecule has 0 radical (unpaired) electrons. The Balaban J connectivity index is 2.04. The average Bonchev–Trinajstić information content (AvgIpc) is 2.68. The third kappa shape index (κ3) is 2.49. The molecule has 1 aromatic carbocycles. The van der Waals surface area contributed by atoms with Crippen LogP contribution in [0.5, 0.6) is 0 Å². The summed E-state index contributed by atoms with van der Waals surface area (Å²) in [6, 6.07) is 7.64. The Morgan fingerprint density at radius 1 is 1.40 bits per heavy atom. The van der Waals surface area contributed by atoms with Crippen LogP contribution in [0.15, 0.2) is 29.4 Å². The van der Waals surface area contributed by atoms with Crippen molar-refractivity contribution in [3.63, 3.8) is 0 Å². The highest BCUT2D eigenvalue weighted by molar-refractivity contribution is 6.30. The average molecular weight is 226 g/mol. The molecule has 2 unspecified atom stereocenters. The summed E-state index contributed by atoms with van der Waals surface area (Å²) >= 11 is 5.80. The van der Waals surface area contributed by atoms with Gasteiger partial charge in [-0.1, -0.05) is 23.7 Å². The first-order valence-electron chi connectivity index (χ1n) is 4.84. The summed E-state index contributed by atoms with van der Waals surface area (Å²) in [7, 11) is 0. The lowest BCUT2D eigenvalue weighted by atomic mass is 10.0. The van der Waals surface area contributed by atoms with E-state index in [4.69, 9.17) is 21.5 Å². The second kappa shape index (κ2) is 4.64. The van der Waals surface area contributed by atoms with Gasteiger partial charge in [-0.15, -0.1) is 5.16 Å². The lowest BCUT2D eigenvalue weighted by molar-refractivity contribution is 0.110. The molecule has 0 saturated carbocycles. The SMILES string of the molecule is ON=CC1COC(c2ccc(Cl)cc2)C1. The molecule has 1 N–H and O–H groups in total. The number of hydrogen-bond donors (Lipinski definition) is 1. The molecule has 0 aromatic heterocycles. The third-order valence-electron chi connectivity index (χ3n) is 2.55. The molecule has 0 aliphatic carbocycles.